The highest BCUT2D eigenvalue weighted by atomic mass is 35.5. The van der Waals surface area contributed by atoms with Crippen molar-refractivity contribution in [3.05, 3.63) is 87.7 Å². The number of amides is 1. The first kappa shape index (κ1) is 24.2. The molecular formula is C25H24ClN3O3S2. The molecule has 0 fully saturated rings. The molecule has 34 heavy (non-hydrogen) atoms. The summed E-state index contributed by atoms with van der Waals surface area (Å²) in [5.41, 5.74) is 2.81. The molecular weight excluding hydrogens is 490 g/mol. The van der Waals surface area contributed by atoms with Crippen LogP contribution in [0.1, 0.15) is 29.8 Å². The summed E-state index contributed by atoms with van der Waals surface area (Å²) in [7, 11) is -3.77. The Hall–Kier alpha value is -2.94. The van der Waals surface area contributed by atoms with E-state index in [4.69, 9.17) is 11.6 Å². The number of aryl methyl sites for hydroxylation is 2. The van der Waals surface area contributed by atoms with E-state index in [0.29, 0.717) is 27.6 Å². The molecule has 4 aromatic rings. The van der Waals surface area contributed by atoms with Crippen molar-refractivity contribution in [2.45, 2.75) is 32.2 Å². The van der Waals surface area contributed by atoms with E-state index in [2.05, 4.69) is 4.99 Å². The van der Waals surface area contributed by atoms with Crippen LogP contribution < -0.4 is 9.11 Å². The molecule has 1 amide bonds. The average Bonchev–Trinajstić information content (AvgIpc) is 3.20. The van der Waals surface area contributed by atoms with Gasteiger partial charge in [0, 0.05) is 23.7 Å². The van der Waals surface area contributed by atoms with Crippen LogP contribution in [0.25, 0.3) is 10.2 Å². The molecule has 0 aliphatic carbocycles. The van der Waals surface area contributed by atoms with Gasteiger partial charge in [-0.1, -0.05) is 41.1 Å². The molecule has 0 saturated heterocycles. The Kier molecular flexibility index (Phi) is 6.93. The zero-order valence-electron chi connectivity index (χ0n) is 19.0. The van der Waals surface area contributed by atoms with Crippen LogP contribution in [0.3, 0.4) is 0 Å². The molecule has 0 N–H and O–H groups in total. The fourth-order valence-corrected chi connectivity index (χ4v) is 6.61. The number of para-hydroxylation sites is 1. The van der Waals surface area contributed by atoms with E-state index >= 15 is 0 Å². The number of anilines is 1. The lowest BCUT2D eigenvalue weighted by Crippen LogP contribution is -2.30. The Labute approximate surface area is 207 Å². The Balaban J connectivity index is 1.68. The molecule has 0 spiro atoms. The maximum atomic E-state index is 13.2. The number of fused-ring (bicyclic) bond motifs is 1. The molecule has 0 aliphatic heterocycles. The number of nitrogens with zero attached hydrogens (tertiary/aromatic N) is 3. The van der Waals surface area contributed by atoms with Crippen molar-refractivity contribution in [3.63, 3.8) is 0 Å². The predicted octanol–water partition coefficient (Wildman–Crippen LogP) is 5.64. The van der Waals surface area contributed by atoms with E-state index in [1.54, 1.807) is 31.2 Å². The zero-order valence-corrected chi connectivity index (χ0v) is 21.4. The van der Waals surface area contributed by atoms with Gasteiger partial charge in [0.05, 0.1) is 20.8 Å². The fraction of sp³-hybridized carbons (Fsp3) is 0.200. The summed E-state index contributed by atoms with van der Waals surface area (Å²) < 4.78 is 30.7. The summed E-state index contributed by atoms with van der Waals surface area (Å²) in [6.07, 6.45) is 0. The Bertz CT molecular complexity index is 1520. The van der Waals surface area contributed by atoms with E-state index in [1.165, 1.54) is 39.9 Å². The van der Waals surface area contributed by atoms with Gasteiger partial charge >= 0.3 is 0 Å². The van der Waals surface area contributed by atoms with Gasteiger partial charge in [-0.05, 0) is 74.9 Å². The number of halogens is 1. The summed E-state index contributed by atoms with van der Waals surface area (Å²) in [5.74, 6) is -0.433. The highest BCUT2D eigenvalue weighted by Gasteiger charge is 2.23. The number of thiazole rings is 1. The second kappa shape index (κ2) is 9.74. The molecule has 0 aliphatic rings. The van der Waals surface area contributed by atoms with Gasteiger partial charge in [-0.25, -0.2) is 8.42 Å². The molecule has 6 nitrogen and oxygen atoms in total. The third-order valence-corrected chi connectivity index (χ3v) is 8.93. The Morgan fingerprint density at radius 2 is 1.71 bits per heavy atom. The number of rotatable bonds is 6. The molecule has 0 bridgehead atoms. The van der Waals surface area contributed by atoms with Crippen molar-refractivity contribution in [1.82, 2.24) is 4.57 Å². The molecule has 9 heteroatoms. The Morgan fingerprint density at radius 3 is 2.32 bits per heavy atom. The van der Waals surface area contributed by atoms with Gasteiger partial charge < -0.3 is 4.57 Å². The predicted molar refractivity (Wildman–Crippen MR) is 138 cm³/mol. The molecule has 0 unspecified atom stereocenters. The van der Waals surface area contributed by atoms with Crippen LogP contribution in [-0.4, -0.2) is 25.4 Å². The van der Waals surface area contributed by atoms with Gasteiger partial charge in [-0.15, -0.1) is 0 Å². The van der Waals surface area contributed by atoms with Crippen molar-refractivity contribution < 1.29 is 13.2 Å². The molecule has 4 rings (SSSR count). The third-order valence-electron chi connectivity index (χ3n) is 5.56. The highest BCUT2D eigenvalue weighted by Crippen LogP contribution is 2.27. The first-order chi connectivity index (χ1) is 16.3. The average molecular weight is 514 g/mol. The number of aromatic nitrogens is 1. The van der Waals surface area contributed by atoms with E-state index in [0.717, 1.165) is 15.8 Å². The minimum Gasteiger partial charge on any atom is -0.316 e. The maximum absolute atomic E-state index is 13.2. The topological polar surface area (TPSA) is 71.7 Å². The van der Waals surface area contributed by atoms with Gasteiger partial charge in [0.25, 0.3) is 15.9 Å². The molecule has 0 radical (unpaired) electrons. The van der Waals surface area contributed by atoms with Crippen molar-refractivity contribution >= 4 is 54.8 Å². The van der Waals surface area contributed by atoms with Crippen molar-refractivity contribution in [1.29, 1.82) is 0 Å². The monoisotopic (exact) mass is 513 g/mol. The minimum absolute atomic E-state index is 0.116. The standard InChI is InChI=1S/C25H24ClN3O3S2/c1-4-28-23-17(3)21(26)15-16-22(23)33-25(28)27-24(30)18-11-13-20(14-12-18)34(31,32)29(5-2)19-9-7-6-8-10-19/h6-16H,4-5H2,1-3H3. The van der Waals surface area contributed by atoms with E-state index in [-0.39, 0.29) is 11.4 Å². The molecule has 1 aromatic heterocycles. The Morgan fingerprint density at radius 1 is 1.03 bits per heavy atom. The van der Waals surface area contributed by atoms with Crippen molar-refractivity contribution in [3.8, 4) is 0 Å². The molecule has 176 valence electrons. The second-order valence-electron chi connectivity index (χ2n) is 7.59. The first-order valence-electron chi connectivity index (χ1n) is 10.8. The van der Waals surface area contributed by atoms with E-state index in [9.17, 15) is 13.2 Å². The lowest BCUT2D eigenvalue weighted by molar-refractivity contribution is 0.0997. The van der Waals surface area contributed by atoms with Crippen LogP contribution in [0.5, 0.6) is 0 Å². The molecule has 3 aromatic carbocycles. The van der Waals surface area contributed by atoms with E-state index in [1.807, 2.05) is 36.6 Å². The summed E-state index contributed by atoms with van der Waals surface area (Å²) in [6.45, 7) is 6.64. The quantitative estimate of drug-likeness (QED) is 0.335. The second-order valence-corrected chi connectivity index (χ2v) is 10.9. The number of hydrogen-bond donors (Lipinski definition) is 0. The number of carbonyl (C=O) groups is 1. The van der Waals surface area contributed by atoms with Gasteiger partial charge in [-0.3, -0.25) is 9.10 Å². The summed E-state index contributed by atoms with van der Waals surface area (Å²) in [4.78, 5) is 18.0. The zero-order chi connectivity index (χ0) is 24.5. The number of hydrogen-bond acceptors (Lipinski definition) is 4. The maximum Gasteiger partial charge on any atom is 0.279 e. The number of benzene rings is 3. The van der Waals surface area contributed by atoms with E-state index < -0.39 is 15.9 Å². The van der Waals surface area contributed by atoms with Crippen LogP contribution in [0.2, 0.25) is 5.02 Å². The molecule has 1 heterocycles. The van der Waals surface area contributed by atoms with Crippen LogP contribution in [0, 0.1) is 6.92 Å². The third kappa shape index (κ3) is 4.41. The van der Waals surface area contributed by atoms with Crippen molar-refractivity contribution in [2.75, 3.05) is 10.8 Å². The van der Waals surface area contributed by atoms with Crippen LogP contribution in [0.15, 0.2) is 76.6 Å². The first-order valence-corrected chi connectivity index (χ1v) is 13.5. The molecule has 0 atom stereocenters. The van der Waals surface area contributed by atoms with Gasteiger partial charge in [-0.2, -0.15) is 4.99 Å². The van der Waals surface area contributed by atoms with Crippen LogP contribution in [-0.2, 0) is 16.6 Å². The van der Waals surface area contributed by atoms with Gasteiger partial charge in [0.1, 0.15) is 0 Å². The SMILES string of the molecule is CCN(c1ccccc1)S(=O)(=O)c1ccc(C(=O)N=c2sc3ccc(Cl)c(C)c3n2CC)cc1. The summed E-state index contributed by atoms with van der Waals surface area (Å²) in [6, 6.07) is 18.6. The summed E-state index contributed by atoms with van der Waals surface area (Å²) in [5, 5.41) is 0.666. The normalized spacial score (nSPS) is 12.3. The van der Waals surface area contributed by atoms with Gasteiger partial charge in [0.2, 0.25) is 0 Å². The molecule has 0 saturated carbocycles. The van der Waals surface area contributed by atoms with Crippen LogP contribution in [0.4, 0.5) is 5.69 Å². The van der Waals surface area contributed by atoms with Crippen LogP contribution >= 0.6 is 22.9 Å². The fourth-order valence-electron chi connectivity index (χ4n) is 3.83. The lowest BCUT2D eigenvalue weighted by atomic mass is 10.2. The largest absolute Gasteiger partial charge is 0.316 e. The highest BCUT2D eigenvalue weighted by molar-refractivity contribution is 7.92. The number of carbonyl (C=O) groups excluding carboxylic acids is 1. The number of sulfonamides is 1. The van der Waals surface area contributed by atoms with Crippen molar-refractivity contribution in [2.24, 2.45) is 4.99 Å². The van der Waals surface area contributed by atoms with Gasteiger partial charge in [0.15, 0.2) is 4.80 Å². The lowest BCUT2D eigenvalue weighted by Gasteiger charge is -2.22. The smallest absolute Gasteiger partial charge is 0.279 e. The summed E-state index contributed by atoms with van der Waals surface area (Å²) >= 11 is 7.71. The minimum atomic E-state index is -3.77.